The van der Waals surface area contributed by atoms with Crippen molar-refractivity contribution in [1.82, 2.24) is 5.32 Å². The van der Waals surface area contributed by atoms with E-state index >= 15 is 0 Å². The Morgan fingerprint density at radius 1 is 1.04 bits per heavy atom. The van der Waals surface area contributed by atoms with Gasteiger partial charge in [-0.3, -0.25) is 9.59 Å². The number of ether oxygens (including phenoxy) is 1. The molecule has 0 aromatic heterocycles. The predicted molar refractivity (Wildman–Crippen MR) is 107 cm³/mol. The Hall–Kier alpha value is -2.86. The van der Waals surface area contributed by atoms with Crippen LogP contribution in [0.1, 0.15) is 45.1 Å². The van der Waals surface area contributed by atoms with Crippen LogP contribution in [0, 0.1) is 20.8 Å². The van der Waals surface area contributed by atoms with Crippen LogP contribution in [-0.2, 0) is 9.53 Å². The number of carbonyl (C=O) groups excluding carboxylic acids is 3. The summed E-state index contributed by atoms with van der Waals surface area (Å²) in [5, 5.41) is 3.03. The molecule has 0 aliphatic heterocycles. The Morgan fingerprint density at radius 3 is 2.25 bits per heavy atom. The van der Waals surface area contributed by atoms with Crippen LogP contribution in [0.2, 0.25) is 5.02 Å². The largest absolute Gasteiger partial charge is 0.457 e. The Morgan fingerprint density at radius 2 is 1.64 bits per heavy atom. The normalized spacial score (nSPS) is 11.6. The lowest BCUT2D eigenvalue weighted by atomic mass is 9.98. The van der Waals surface area contributed by atoms with Crippen LogP contribution in [0.5, 0.6) is 0 Å². The number of aryl methyl sites for hydroxylation is 3. The fourth-order valence-corrected chi connectivity index (χ4v) is 2.96. The monoisotopic (exact) mass is 402 g/mol. The molecular weight excluding hydrogens is 380 g/mol. The fraction of sp³-hybridized carbons (Fsp3) is 0.286. The molecule has 0 spiro atoms. The van der Waals surface area contributed by atoms with E-state index in [-0.39, 0.29) is 18.8 Å². The van der Waals surface area contributed by atoms with Crippen molar-refractivity contribution in [2.45, 2.75) is 33.2 Å². The number of rotatable bonds is 7. The number of primary amides is 1. The number of amides is 2. The molecule has 0 aliphatic rings. The standard InChI is InChI=1S/C21H23ClN2O4/c1-12-8-14(3)17(9-13(12)2)19(25)11-28-20(26)10-18(24-21(23)27)15-4-6-16(22)7-5-15/h4-9,18H,10-11H2,1-3H3,(H3,23,24,27)/t18-/m1/s1. The molecular formula is C21H23ClN2O4. The average Bonchev–Trinajstić information content (AvgIpc) is 2.62. The topological polar surface area (TPSA) is 98.5 Å². The molecule has 2 aromatic carbocycles. The van der Waals surface area contributed by atoms with Crippen molar-refractivity contribution in [2.75, 3.05) is 6.61 Å². The Labute approximate surface area is 169 Å². The minimum atomic E-state index is -0.769. The average molecular weight is 403 g/mol. The maximum Gasteiger partial charge on any atom is 0.312 e. The molecule has 0 unspecified atom stereocenters. The smallest absolute Gasteiger partial charge is 0.312 e. The number of benzene rings is 2. The fourth-order valence-electron chi connectivity index (χ4n) is 2.83. The van der Waals surface area contributed by atoms with Crippen LogP contribution >= 0.6 is 11.6 Å². The van der Waals surface area contributed by atoms with Gasteiger partial charge in [-0.05, 0) is 61.2 Å². The Balaban J connectivity index is 2.02. The summed E-state index contributed by atoms with van der Waals surface area (Å²) in [6, 6.07) is 8.92. The molecule has 0 fully saturated rings. The lowest BCUT2D eigenvalue weighted by molar-refractivity contribution is -0.143. The molecule has 1 atom stereocenters. The number of carbonyl (C=O) groups is 3. The highest BCUT2D eigenvalue weighted by Crippen LogP contribution is 2.20. The molecule has 148 valence electrons. The van der Waals surface area contributed by atoms with Crippen LogP contribution in [-0.4, -0.2) is 24.4 Å². The third kappa shape index (κ3) is 5.82. The second-order valence-electron chi connectivity index (χ2n) is 6.65. The molecule has 0 saturated heterocycles. The molecule has 0 saturated carbocycles. The summed E-state index contributed by atoms with van der Waals surface area (Å²) in [4.78, 5) is 35.9. The van der Waals surface area contributed by atoms with Crippen molar-refractivity contribution in [3.05, 3.63) is 69.2 Å². The van der Waals surface area contributed by atoms with E-state index in [1.54, 1.807) is 30.3 Å². The molecule has 2 aromatic rings. The molecule has 2 rings (SSSR count). The van der Waals surface area contributed by atoms with E-state index < -0.39 is 18.0 Å². The lowest BCUT2D eigenvalue weighted by Crippen LogP contribution is -2.34. The summed E-state index contributed by atoms with van der Waals surface area (Å²) < 4.78 is 5.13. The van der Waals surface area contributed by atoms with Crippen LogP contribution in [0.25, 0.3) is 0 Å². The number of ketones is 1. The Kier molecular flexibility index (Phi) is 7.18. The zero-order valence-electron chi connectivity index (χ0n) is 16.0. The Bertz CT molecular complexity index is 894. The summed E-state index contributed by atoms with van der Waals surface area (Å²) in [5.74, 6) is -0.900. The minimum absolute atomic E-state index is 0.163. The second-order valence-corrected chi connectivity index (χ2v) is 7.09. The van der Waals surface area contributed by atoms with Crippen molar-refractivity contribution in [1.29, 1.82) is 0 Å². The van der Waals surface area contributed by atoms with E-state index in [1.165, 1.54) is 0 Å². The van der Waals surface area contributed by atoms with Crippen molar-refractivity contribution in [2.24, 2.45) is 5.73 Å². The number of Topliss-reactive ketones (excluding diaryl/α,β-unsaturated/α-hetero) is 1. The van der Waals surface area contributed by atoms with Crippen molar-refractivity contribution >= 4 is 29.4 Å². The van der Waals surface area contributed by atoms with Gasteiger partial charge in [0.25, 0.3) is 0 Å². The first-order chi connectivity index (χ1) is 13.2. The second kappa shape index (κ2) is 9.37. The van der Waals surface area contributed by atoms with E-state index in [0.29, 0.717) is 16.1 Å². The summed E-state index contributed by atoms with van der Waals surface area (Å²) in [6.07, 6.45) is -0.163. The first kappa shape index (κ1) is 21.4. The molecule has 2 amide bonds. The van der Waals surface area contributed by atoms with Gasteiger partial charge in [0.05, 0.1) is 12.5 Å². The van der Waals surface area contributed by atoms with Crippen molar-refractivity contribution < 1.29 is 19.1 Å². The molecule has 3 N–H and O–H groups in total. The lowest BCUT2D eigenvalue weighted by Gasteiger charge is -2.17. The molecule has 28 heavy (non-hydrogen) atoms. The quantitative estimate of drug-likeness (QED) is 0.543. The number of halogens is 1. The number of urea groups is 1. The molecule has 0 radical (unpaired) electrons. The number of hydrogen-bond donors (Lipinski definition) is 2. The maximum atomic E-state index is 12.4. The van der Waals surface area contributed by atoms with E-state index in [2.05, 4.69) is 5.32 Å². The molecule has 0 aliphatic carbocycles. The van der Waals surface area contributed by atoms with Gasteiger partial charge in [0.15, 0.2) is 6.61 Å². The van der Waals surface area contributed by atoms with Gasteiger partial charge < -0.3 is 15.8 Å². The van der Waals surface area contributed by atoms with Crippen LogP contribution < -0.4 is 11.1 Å². The minimum Gasteiger partial charge on any atom is -0.457 e. The zero-order chi connectivity index (χ0) is 20.8. The highest BCUT2D eigenvalue weighted by molar-refractivity contribution is 6.30. The number of esters is 1. The molecule has 7 heteroatoms. The highest BCUT2D eigenvalue weighted by atomic mass is 35.5. The number of nitrogens with two attached hydrogens (primary N) is 1. The molecule has 0 bridgehead atoms. The predicted octanol–water partition coefficient (Wildman–Crippen LogP) is 3.79. The van der Waals surface area contributed by atoms with Gasteiger partial charge >= 0.3 is 12.0 Å². The highest BCUT2D eigenvalue weighted by Gasteiger charge is 2.20. The zero-order valence-corrected chi connectivity index (χ0v) is 16.8. The van der Waals surface area contributed by atoms with Crippen LogP contribution in [0.15, 0.2) is 36.4 Å². The van der Waals surface area contributed by atoms with Gasteiger partial charge in [-0.2, -0.15) is 0 Å². The van der Waals surface area contributed by atoms with E-state index in [4.69, 9.17) is 22.1 Å². The van der Waals surface area contributed by atoms with Gasteiger partial charge in [0.2, 0.25) is 5.78 Å². The maximum absolute atomic E-state index is 12.4. The SMILES string of the molecule is Cc1cc(C)c(C(=O)COC(=O)C[C@@H](NC(N)=O)c2ccc(Cl)cc2)cc1C. The number of hydrogen-bond acceptors (Lipinski definition) is 4. The van der Waals surface area contributed by atoms with E-state index in [0.717, 1.165) is 16.7 Å². The summed E-state index contributed by atoms with van der Waals surface area (Å²) in [6.45, 7) is 5.37. The summed E-state index contributed by atoms with van der Waals surface area (Å²) >= 11 is 5.86. The summed E-state index contributed by atoms with van der Waals surface area (Å²) in [7, 11) is 0. The third-order valence-corrected chi connectivity index (χ3v) is 4.72. The van der Waals surface area contributed by atoms with Crippen LogP contribution in [0.3, 0.4) is 0 Å². The van der Waals surface area contributed by atoms with Crippen molar-refractivity contribution in [3.8, 4) is 0 Å². The molecule has 0 heterocycles. The first-order valence-electron chi connectivity index (χ1n) is 8.75. The van der Waals surface area contributed by atoms with E-state index in [1.807, 2.05) is 26.8 Å². The summed E-state index contributed by atoms with van der Waals surface area (Å²) in [5.41, 5.74) is 9.29. The van der Waals surface area contributed by atoms with Gasteiger partial charge in [0, 0.05) is 10.6 Å². The van der Waals surface area contributed by atoms with Gasteiger partial charge in [0.1, 0.15) is 0 Å². The third-order valence-electron chi connectivity index (χ3n) is 4.47. The van der Waals surface area contributed by atoms with Gasteiger partial charge in [-0.1, -0.05) is 29.8 Å². The van der Waals surface area contributed by atoms with E-state index in [9.17, 15) is 14.4 Å². The first-order valence-corrected chi connectivity index (χ1v) is 9.13. The number of nitrogens with one attached hydrogen (secondary N) is 1. The molecule has 6 nitrogen and oxygen atoms in total. The van der Waals surface area contributed by atoms with Gasteiger partial charge in [-0.25, -0.2) is 4.79 Å². The van der Waals surface area contributed by atoms with Crippen molar-refractivity contribution in [3.63, 3.8) is 0 Å². The van der Waals surface area contributed by atoms with Crippen LogP contribution in [0.4, 0.5) is 4.79 Å². The van der Waals surface area contributed by atoms with Gasteiger partial charge in [-0.15, -0.1) is 0 Å².